The van der Waals surface area contributed by atoms with E-state index in [1.165, 1.54) is 12.1 Å². The first kappa shape index (κ1) is 24.4. The minimum absolute atomic E-state index is 0.141. The lowest BCUT2D eigenvalue weighted by atomic mass is 9.78. The molecule has 0 amide bonds. The van der Waals surface area contributed by atoms with Gasteiger partial charge in [-0.05, 0) is 74.1 Å². The first-order chi connectivity index (χ1) is 15.1. The number of benzene rings is 2. The Morgan fingerprint density at radius 3 is 2.16 bits per heavy atom. The predicted octanol–water partition coefficient (Wildman–Crippen LogP) is 8.00. The lowest BCUT2D eigenvalue weighted by Crippen LogP contribution is -2.20. The molecule has 2 aromatic carbocycles. The van der Waals surface area contributed by atoms with Crippen molar-refractivity contribution in [3.8, 4) is 0 Å². The van der Waals surface area contributed by atoms with Crippen LogP contribution in [-0.4, -0.2) is 6.61 Å². The smallest absolute Gasteiger partial charge is 0.316 e. The second kappa shape index (κ2) is 10.1. The molecule has 0 atom stereocenters. The van der Waals surface area contributed by atoms with Gasteiger partial charge in [0.15, 0.2) is 0 Å². The second-order valence-corrected chi connectivity index (χ2v) is 8.19. The van der Waals surface area contributed by atoms with Gasteiger partial charge in [-0.15, -0.1) is 0 Å². The van der Waals surface area contributed by atoms with Crippen LogP contribution >= 0.6 is 0 Å². The third-order valence-electron chi connectivity index (χ3n) is 5.97. The zero-order valence-electron chi connectivity index (χ0n) is 17.8. The molecule has 1 saturated carbocycles. The largest absolute Gasteiger partial charge is 0.419 e. The predicted molar refractivity (Wildman–Crippen MR) is 111 cm³/mol. The Morgan fingerprint density at radius 2 is 1.59 bits per heavy atom. The van der Waals surface area contributed by atoms with Gasteiger partial charge in [-0.3, -0.25) is 0 Å². The minimum atomic E-state index is -4.80. The van der Waals surface area contributed by atoms with E-state index in [2.05, 4.69) is 12.2 Å². The topological polar surface area (TPSA) is 9.23 Å². The third-order valence-corrected chi connectivity index (χ3v) is 5.97. The molecule has 1 aliphatic rings. The zero-order valence-corrected chi connectivity index (χ0v) is 17.8. The molecule has 0 N–H and O–H groups in total. The van der Waals surface area contributed by atoms with E-state index in [0.29, 0.717) is 24.0 Å². The number of ether oxygens (including phenoxy) is 1. The normalized spacial score (nSPS) is 20.1. The molecule has 174 valence electrons. The van der Waals surface area contributed by atoms with Crippen LogP contribution in [0.25, 0.3) is 0 Å². The molecule has 32 heavy (non-hydrogen) atoms. The van der Waals surface area contributed by atoms with E-state index in [0.717, 1.165) is 37.3 Å². The molecule has 0 unspecified atom stereocenters. The van der Waals surface area contributed by atoms with E-state index in [1.807, 2.05) is 6.92 Å². The molecule has 2 aromatic rings. The molecule has 0 heterocycles. The molecule has 0 aliphatic heterocycles. The first-order valence-corrected chi connectivity index (χ1v) is 10.7. The van der Waals surface area contributed by atoms with Crippen LogP contribution in [0.15, 0.2) is 54.6 Å². The van der Waals surface area contributed by atoms with E-state index < -0.39 is 30.3 Å². The molecule has 0 saturated heterocycles. The van der Waals surface area contributed by atoms with Gasteiger partial charge in [-0.2, -0.15) is 22.0 Å². The van der Waals surface area contributed by atoms with E-state index in [9.17, 15) is 26.3 Å². The van der Waals surface area contributed by atoms with Crippen LogP contribution in [0.2, 0.25) is 0 Å². The fourth-order valence-electron chi connectivity index (χ4n) is 4.19. The number of allylic oxidation sites excluding steroid dienone is 2. The van der Waals surface area contributed by atoms with Crippen LogP contribution in [0.3, 0.4) is 0 Å². The number of hydrogen-bond donors (Lipinski definition) is 0. The summed E-state index contributed by atoms with van der Waals surface area (Å²) in [5.41, 5.74) is -0.496. The average molecular weight is 456 g/mol. The first-order valence-electron chi connectivity index (χ1n) is 10.7. The Morgan fingerprint density at radius 1 is 0.938 bits per heavy atom. The standard InChI is InChI=1S/C25H26F6O/c1-2-3-17-4-7-19(8-5-17)20-9-11-21(12-10-20)25(30,31)32-15-14-18-6-13-22(23(26)16-18)24(27,28)29/h2-3,6,9-13,16-17,19H,4-5,7-8,14-15H2,1H3/b3-2+/t17-,19-. The fraction of sp³-hybridized carbons (Fsp3) is 0.440. The van der Waals surface area contributed by atoms with Gasteiger partial charge >= 0.3 is 12.3 Å². The number of rotatable bonds is 7. The Labute approximate surface area is 184 Å². The van der Waals surface area contributed by atoms with E-state index >= 15 is 0 Å². The maximum absolute atomic E-state index is 14.4. The van der Waals surface area contributed by atoms with E-state index in [4.69, 9.17) is 4.74 Å². The summed E-state index contributed by atoms with van der Waals surface area (Å²) in [4.78, 5) is 0. The van der Waals surface area contributed by atoms with Crippen LogP contribution in [0, 0.1) is 11.7 Å². The number of hydrogen-bond acceptors (Lipinski definition) is 1. The summed E-state index contributed by atoms with van der Waals surface area (Å²) in [6.45, 7) is 1.55. The highest BCUT2D eigenvalue weighted by atomic mass is 19.4. The van der Waals surface area contributed by atoms with Crippen LogP contribution in [0.1, 0.15) is 60.8 Å². The molecular formula is C25H26F6O. The summed E-state index contributed by atoms with van der Waals surface area (Å²) in [6.07, 6.45) is -0.00182. The molecular weight excluding hydrogens is 430 g/mol. The van der Waals surface area contributed by atoms with Crippen LogP contribution in [0.4, 0.5) is 26.3 Å². The minimum Gasteiger partial charge on any atom is -0.316 e. The second-order valence-electron chi connectivity index (χ2n) is 8.19. The monoisotopic (exact) mass is 456 g/mol. The van der Waals surface area contributed by atoms with Gasteiger partial charge in [0.25, 0.3) is 0 Å². The molecule has 7 heteroatoms. The zero-order chi connectivity index (χ0) is 23.4. The SMILES string of the molecule is C/C=C/[C@H]1CC[C@H](c2ccc(C(F)(F)OCCc3ccc(C(F)(F)F)c(F)c3)cc2)CC1. The molecule has 3 rings (SSSR count). The van der Waals surface area contributed by atoms with Crippen molar-refractivity contribution < 1.29 is 31.1 Å². The van der Waals surface area contributed by atoms with Crippen LogP contribution in [-0.2, 0) is 23.4 Å². The van der Waals surface area contributed by atoms with Crippen molar-refractivity contribution in [1.82, 2.24) is 0 Å². The highest BCUT2D eigenvalue weighted by Gasteiger charge is 2.35. The van der Waals surface area contributed by atoms with Gasteiger partial charge in [0.1, 0.15) is 5.82 Å². The molecule has 1 nitrogen and oxygen atoms in total. The van der Waals surface area contributed by atoms with Gasteiger partial charge < -0.3 is 4.74 Å². The lowest BCUT2D eigenvalue weighted by molar-refractivity contribution is -0.248. The van der Waals surface area contributed by atoms with Gasteiger partial charge in [-0.1, -0.05) is 42.5 Å². The number of halogens is 6. The quantitative estimate of drug-likeness (QED) is 0.303. The van der Waals surface area contributed by atoms with Crippen molar-refractivity contribution >= 4 is 0 Å². The summed E-state index contributed by atoms with van der Waals surface area (Å²) >= 11 is 0. The lowest BCUT2D eigenvalue weighted by Gasteiger charge is -2.27. The van der Waals surface area contributed by atoms with Gasteiger partial charge in [0.2, 0.25) is 0 Å². The van der Waals surface area contributed by atoms with Crippen molar-refractivity contribution in [2.75, 3.05) is 6.61 Å². The summed E-state index contributed by atoms with van der Waals surface area (Å²) in [5.74, 6) is -0.488. The highest BCUT2D eigenvalue weighted by molar-refractivity contribution is 5.28. The van der Waals surface area contributed by atoms with Crippen molar-refractivity contribution in [2.45, 2.75) is 57.2 Å². The molecule has 1 aliphatic carbocycles. The van der Waals surface area contributed by atoms with Crippen molar-refractivity contribution in [2.24, 2.45) is 5.92 Å². The van der Waals surface area contributed by atoms with E-state index in [1.54, 1.807) is 12.1 Å². The maximum atomic E-state index is 14.4. The summed E-state index contributed by atoms with van der Waals surface area (Å²) < 4.78 is 85.0. The molecule has 0 aromatic heterocycles. The van der Waals surface area contributed by atoms with Gasteiger partial charge in [0.05, 0.1) is 17.7 Å². The Balaban J connectivity index is 1.55. The molecule has 0 radical (unpaired) electrons. The van der Waals surface area contributed by atoms with E-state index in [-0.39, 0.29) is 17.5 Å². The molecule has 0 spiro atoms. The number of alkyl halides is 5. The Kier molecular flexibility index (Phi) is 7.70. The highest BCUT2D eigenvalue weighted by Crippen LogP contribution is 2.38. The maximum Gasteiger partial charge on any atom is 0.419 e. The average Bonchev–Trinajstić information content (AvgIpc) is 2.74. The van der Waals surface area contributed by atoms with Crippen molar-refractivity contribution in [3.63, 3.8) is 0 Å². The van der Waals surface area contributed by atoms with Gasteiger partial charge in [-0.25, -0.2) is 4.39 Å². The van der Waals surface area contributed by atoms with Crippen molar-refractivity contribution in [3.05, 3.63) is 82.7 Å². The van der Waals surface area contributed by atoms with Crippen LogP contribution < -0.4 is 0 Å². The Hall–Kier alpha value is -2.28. The molecule has 0 bridgehead atoms. The van der Waals surface area contributed by atoms with Gasteiger partial charge in [0, 0.05) is 0 Å². The third kappa shape index (κ3) is 6.15. The van der Waals surface area contributed by atoms with Crippen molar-refractivity contribution in [1.29, 1.82) is 0 Å². The fourth-order valence-corrected chi connectivity index (χ4v) is 4.19. The summed E-state index contributed by atoms with van der Waals surface area (Å²) in [5, 5.41) is 0. The molecule has 1 fully saturated rings. The summed E-state index contributed by atoms with van der Waals surface area (Å²) in [6, 6.07) is 8.48. The summed E-state index contributed by atoms with van der Waals surface area (Å²) in [7, 11) is 0. The van der Waals surface area contributed by atoms with Crippen LogP contribution in [0.5, 0.6) is 0 Å². The Bertz CT molecular complexity index is 909.